The van der Waals surface area contributed by atoms with Gasteiger partial charge in [-0.2, -0.15) is 4.73 Å². The molecule has 0 radical (unpaired) electrons. The zero-order valence-electron chi connectivity index (χ0n) is 15.8. The highest BCUT2D eigenvalue weighted by Crippen LogP contribution is 2.32. The molecular weight excluding hydrogens is 366 g/mol. The molecule has 9 heteroatoms. The fraction of sp³-hybridized carbons (Fsp3) is 0.263. The van der Waals surface area contributed by atoms with Crippen LogP contribution in [0.4, 0.5) is 10.5 Å². The van der Waals surface area contributed by atoms with Gasteiger partial charge < -0.3 is 9.84 Å². The minimum absolute atomic E-state index is 0.0142. The van der Waals surface area contributed by atoms with Crippen molar-refractivity contribution in [2.45, 2.75) is 33.1 Å². The largest absolute Gasteiger partial charge is 0.531 e. The Labute approximate surface area is 160 Å². The van der Waals surface area contributed by atoms with Crippen molar-refractivity contribution in [3.05, 3.63) is 57.9 Å². The van der Waals surface area contributed by atoms with Crippen LogP contribution in [0.2, 0.25) is 0 Å². The van der Waals surface area contributed by atoms with Crippen molar-refractivity contribution in [1.82, 2.24) is 9.71 Å². The number of non-ortho nitro benzene ring substituents is 1. The van der Waals surface area contributed by atoms with E-state index in [4.69, 9.17) is 14.7 Å². The molecule has 0 saturated carbocycles. The predicted molar refractivity (Wildman–Crippen MR) is 101 cm³/mol. The summed E-state index contributed by atoms with van der Waals surface area (Å²) in [6.07, 6.45) is -1.44. The Kier molecular flexibility index (Phi) is 4.68. The Morgan fingerprint density at radius 3 is 2.50 bits per heavy atom. The van der Waals surface area contributed by atoms with E-state index in [1.807, 2.05) is 20.8 Å². The molecule has 0 saturated heterocycles. The van der Waals surface area contributed by atoms with Crippen molar-refractivity contribution in [3.63, 3.8) is 0 Å². The Morgan fingerprint density at radius 1 is 1.21 bits per heavy atom. The average molecular weight is 385 g/mol. The van der Waals surface area contributed by atoms with E-state index in [0.29, 0.717) is 33.9 Å². The Hall–Kier alpha value is -3.62. The number of fused-ring (bicyclic) bond motifs is 1. The molecule has 0 spiro atoms. The van der Waals surface area contributed by atoms with E-state index in [2.05, 4.69) is 4.98 Å². The van der Waals surface area contributed by atoms with Crippen molar-refractivity contribution in [2.24, 2.45) is 0 Å². The maximum absolute atomic E-state index is 11.1. The Balaban J connectivity index is 2.01. The topological polar surface area (TPSA) is 117 Å². The van der Waals surface area contributed by atoms with Crippen molar-refractivity contribution in [1.29, 1.82) is 0 Å². The van der Waals surface area contributed by atoms with Crippen LogP contribution < -0.4 is 9.57 Å². The van der Waals surface area contributed by atoms with Crippen LogP contribution in [0.5, 0.6) is 11.5 Å². The van der Waals surface area contributed by atoms with Crippen molar-refractivity contribution in [2.75, 3.05) is 0 Å². The molecule has 0 fully saturated rings. The molecule has 0 unspecified atom stereocenters. The quantitative estimate of drug-likeness (QED) is 0.521. The summed E-state index contributed by atoms with van der Waals surface area (Å²) in [4.78, 5) is 30.9. The second-order valence-corrected chi connectivity index (χ2v) is 7.30. The van der Waals surface area contributed by atoms with Crippen LogP contribution in [0.1, 0.15) is 32.2 Å². The van der Waals surface area contributed by atoms with Gasteiger partial charge in [-0.3, -0.25) is 15.0 Å². The highest BCUT2D eigenvalue weighted by molar-refractivity contribution is 5.78. The van der Waals surface area contributed by atoms with E-state index in [1.54, 1.807) is 25.1 Å². The third kappa shape index (κ3) is 3.73. The number of imidazole rings is 1. The monoisotopic (exact) mass is 385 g/mol. The van der Waals surface area contributed by atoms with E-state index in [9.17, 15) is 14.9 Å². The van der Waals surface area contributed by atoms with Gasteiger partial charge in [0.15, 0.2) is 5.82 Å². The van der Waals surface area contributed by atoms with Crippen molar-refractivity contribution < 1.29 is 24.4 Å². The van der Waals surface area contributed by atoms with Gasteiger partial charge in [0.25, 0.3) is 5.69 Å². The molecule has 3 rings (SSSR count). The fourth-order valence-electron chi connectivity index (χ4n) is 2.73. The van der Waals surface area contributed by atoms with Gasteiger partial charge >= 0.3 is 6.16 Å². The SMILES string of the molecule is Cc1cc([N+](=O)[O-])ccc1Oc1ccc2c(c1)nc(C(C)(C)C)n2OC(=O)O. The molecule has 1 N–H and O–H groups in total. The minimum atomic E-state index is -1.44. The molecule has 9 nitrogen and oxygen atoms in total. The first kappa shape index (κ1) is 19.2. The van der Waals surface area contributed by atoms with Gasteiger partial charge in [-0.05, 0) is 30.7 Å². The first-order valence-electron chi connectivity index (χ1n) is 8.43. The van der Waals surface area contributed by atoms with Crippen LogP contribution in [0.15, 0.2) is 36.4 Å². The van der Waals surface area contributed by atoms with E-state index in [-0.39, 0.29) is 5.69 Å². The number of carbonyl (C=O) groups is 1. The molecule has 0 aliphatic carbocycles. The van der Waals surface area contributed by atoms with E-state index in [0.717, 1.165) is 0 Å². The Bertz CT molecular complexity index is 1080. The number of aromatic nitrogens is 2. The first-order valence-corrected chi connectivity index (χ1v) is 8.43. The summed E-state index contributed by atoms with van der Waals surface area (Å²) in [5, 5.41) is 19.9. The lowest BCUT2D eigenvalue weighted by Gasteiger charge is -2.18. The molecular formula is C19H19N3O6. The van der Waals surface area contributed by atoms with Gasteiger partial charge in [-0.25, -0.2) is 9.78 Å². The molecule has 1 heterocycles. The number of benzene rings is 2. The number of nitrogens with zero attached hydrogens (tertiary/aromatic N) is 3. The van der Waals surface area contributed by atoms with Crippen LogP contribution in [0, 0.1) is 17.0 Å². The van der Waals surface area contributed by atoms with Gasteiger partial charge in [-0.1, -0.05) is 20.8 Å². The lowest BCUT2D eigenvalue weighted by atomic mass is 9.96. The zero-order chi connectivity index (χ0) is 20.6. The molecule has 1 aromatic heterocycles. The molecule has 3 aromatic rings. The lowest BCUT2D eigenvalue weighted by Crippen LogP contribution is -2.26. The number of rotatable bonds is 4. The van der Waals surface area contributed by atoms with Crippen LogP contribution in [-0.2, 0) is 5.41 Å². The normalized spacial score (nSPS) is 11.4. The van der Waals surface area contributed by atoms with Crippen LogP contribution in [-0.4, -0.2) is 25.9 Å². The smallest absolute Gasteiger partial charge is 0.457 e. The van der Waals surface area contributed by atoms with Gasteiger partial charge in [0.2, 0.25) is 0 Å². The molecule has 0 aliphatic heterocycles. The molecule has 0 aliphatic rings. The third-order valence-corrected chi connectivity index (χ3v) is 4.02. The predicted octanol–water partition coefficient (Wildman–Crippen LogP) is 4.45. The number of nitro benzene ring substituents is 1. The van der Waals surface area contributed by atoms with Crippen LogP contribution in [0.3, 0.4) is 0 Å². The van der Waals surface area contributed by atoms with Crippen molar-refractivity contribution in [3.8, 4) is 11.5 Å². The van der Waals surface area contributed by atoms with Gasteiger partial charge in [0.05, 0.1) is 10.4 Å². The van der Waals surface area contributed by atoms with E-state index >= 15 is 0 Å². The number of nitro groups is 1. The molecule has 0 atom stereocenters. The molecule has 0 bridgehead atoms. The van der Waals surface area contributed by atoms with Gasteiger partial charge in [0, 0.05) is 23.6 Å². The first-order chi connectivity index (χ1) is 13.1. The molecule has 28 heavy (non-hydrogen) atoms. The fourth-order valence-corrected chi connectivity index (χ4v) is 2.73. The van der Waals surface area contributed by atoms with Crippen LogP contribution >= 0.6 is 0 Å². The summed E-state index contributed by atoms with van der Waals surface area (Å²) in [5.74, 6) is 1.39. The van der Waals surface area contributed by atoms with E-state index in [1.165, 1.54) is 22.9 Å². The highest BCUT2D eigenvalue weighted by atomic mass is 16.8. The summed E-state index contributed by atoms with van der Waals surface area (Å²) in [6, 6.07) is 9.29. The number of aryl methyl sites for hydroxylation is 1. The maximum atomic E-state index is 11.1. The second-order valence-electron chi connectivity index (χ2n) is 7.30. The summed E-state index contributed by atoms with van der Waals surface area (Å²) >= 11 is 0. The summed E-state index contributed by atoms with van der Waals surface area (Å²) < 4.78 is 7.03. The standard InChI is InChI=1S/C19H19N3O6/c1-11-9-12(22(25)26)5-8-16(11)27-13-6-7-15-14(10-13)20-17(19(2,3)4)21(15)28-18(23)24/h5-10H,1-4H3,(H,23,24). The lowest BCUT2D eigenvalue weighted by molar-refractivity contribution is -0.384. The minimum Gasteiger partial charge on any atom is -0.457 e. The van der Waals surface area contributed by atoms with Crippen molar-refractivity contribution >= 4 is 22.9 Å². The number of carboxylic acid groups (broad SMARTS) is 1. The van der Waals surface area contributed by atoms with Crippen LogP contribution in [0.25, 0.3) is 11.0 Å². The summed E-state index contributed by atoms with van der Waals surface area (Å²) in [5.41, 5.74) is 1.14. The molecule has 0 amide bonds. The second kappa shape index (κ2) is 6.84. The summed E-state index contributed by atoms with van der Waals surface area (Å²) in [6.45, 7) is 7.41. The number of hydrogen-bond donors (Lipinski definition) is 1. The van der Waals surface area contributed by atoms with Gasteiger partial charge in [0.1, 0.15) is 17.0 Å². The number of ether oxygens (including phenoxy) is 1. The maximum Gasteiger partial charge on any atom is 0.531 e. The highest BCUT2D eigenvalue weighted by Gasteiger charge is 2.25. The summed E-state index contributed by atoms with van der Waals surface area (Å²) in [7, 11) is 0. The average Bonchev–Trinajstić information content (AvgIpc) is 2.94. The van der Waals surface area contributed by atoms with E-state index < -0.39 is 16.5 Å². The molecule has 2 aromatic carbocycles. The third-order valence-electron chi connectivity index (χ3n) is 4.02. The number of hydrogen-bond acceptors (Lipinski definition) is 6. The Morgan fingerprint density at radius 2 is 1.93 bits per heavy atom. The van der Waals surface area contributed by atoms with Gasteiger partial charge in [-0.15, -0.1) is 0 Å². The molecule has 146 valence electrons. The zero-order valence-corrected chi connectivity index (χ0v) is 15.8.